The molecule has 0 aliphatic heterocycles. The second kappa shape index (κ2) is 6.69. The number of furan rings is 1. The summed E-state index contributed by atoms with van der Waals surface area (Å²) in [6.45, 7) is 7.18. The van der Waals surface area contributed by atoms with E-state index in [9.17, 15) is 0 Å². The van der Waals surface area contributed by atoms with Gasteiger partial charge in [-0.15, -0.1) is 0 Å². The van der Waals surface area contributed by atoms with Crippen LogP contribution in [0.5, 0.6) is 5.75 Å². The lowest BCUT2D eigenvalue weighted by atomic mass is 10.1. The minimum Gasteiger partial charge on any atom is -0.493 e. The van der Waals surface area contributed by atoms with Crippen molar-refractivity contribution in [1.82, 2.24) is 15.1 Å². The zero-order chi connectivity index (χ0) is 17.3. The Bertz CT molecular complexity index is 848. The Labute approximate surface area is 142 Å². The van der Waals surface area contributed by atoms with Crippen LogP contribution in [0, 0.1) is 13.8 Å². The number of aromatic nitrogens is 2. The molecular weight excluding hydrogens is 302 g/mol. The van der Waals surface area contributed by atoms with Gasteiger partial charge in [-0.2, -0.15) is 5.10 Å². The first-order valence-electron chi connectivity index (χ1n) is 8.30. The topological polar surface area (TPSA) is 52.2 Å². The quantitative estimate of drug-likeness (QED) is 0.750. The van der Waals surface area contributed by atoms with Crippen LogP contribution in [0.2, 0.25) is 0 Å². The van der Waals surface area contributed by atoms with E-state index in [1.165, 1.54) is 11.3 Å². The third-order valence-electron chi connectivity index (χ3n) is 4.66. The fourth-order valence-corrected chi connectivity index (χ4v) is 3.12. The first kappa shape index (κ1) is 16.6. The molecule has 0 aliphatic rings. The highest BCUT2D eigenvalue weighted by atomic mass is 16.5. The Hall–Kier alpha value is -2.27. The molecule has 0 radical (unpaired) electrons. The molecule has 5 nitrogen and oxygen atoms in total. The van der Waals surface area contributed by atoms with E-state index in [4.69, 9.17) is 9.15 Å². The number of hydrogen-bond acceptors (Lipinski definition) is 4. The molecule has 1 atom stereocenters. The fourth-order valence-electron chi connectivity index (χ4n) is 3.12. The van der Waals surface area contributed by atoms with Gasteiger partial charge in [-0.1, -0.05) is 12.1 Å². The van der Waals surface area contributed by atoms with Gasteiger partial charge < -0.3 is 14.5 Å². The third kappa shape index (κ3) is 3.04. The van der Waals surface area contributed by atoms with Gasteiger partial charge in [0.1, 0.15) is 5.76 Å². The number of aryl methyl sites for hydroxylation is 2. The highest BCUT2D eigenvalue weighted by molar-refractivity contribution is 5.83. The summed E-state index contributed by atoms with van der Waals surface area (Å²) in [4.78, 5) is 0. The molecule has 3 rings (SSSR count). The molecule has 1 unspecified atom stereocenters. The lowest BCUT2D eigenvalue weighted by Crippen LogP contribution is -2.21. The number of fused-ring (bicyclic) bond motifs is 1. The molecule has 5 heteroatoms. The van der Waals surface area contributed by atoms with E-state index in [0.29, 0.717) is 0 Å². The first-order valence-corrected chi connectivity index (χ1v) is 8.30. The van der Waals surface area contributed by atoms with E-state index >= 15 is 0 Å². The van der Waals surface area contributed by atoms with E-state index < -0.39 is 0 Å². The van der Waals surface area contributed by atoms with E-state index in [2.05, 4.69) is 37.3 Å². The van der Waals surface area contributed by atoms with Crippen molar-refractivity contribution in [3.05, 3.63) is 47.0 Å². The van der Waals surface area contributed by atoms with Crippen molar-refractivity contribution in [2.75, 3.05) is 13.7 Å². The second-order valence-electron chi connectivity index (χ2n) is 6.23. The standard InChI is InChI=1S/C19H25N3O2/c1-12-16(14(3)22(4)21-12)9-10-20-13(2)18-11-15-7-6-8-17(23-5)19(15)24-18/h6-8,11,13,20H,9-10H2,1-5H3. The van der Waals surface area contributed by atoms with Gasteiger partial charge in [0, 0.05) is 18.1 Å². The fraction of sp³-hybridized carbons (Fsp3) is 0.421. The molecule has 0 amide bonds. The molecule has 0 aliphatic carbocycles. The minimum absolute atomic E-state index is 0.138. The van der Waals surface area contributed by atoms with Crippen LogP contribution in [-0.4, -0.2) is 23.4 Å². The Morgan fingerprint density at radius 3 is 2.79 bits per heavy atom. The van der Waals surface area contributed by atoms with Crippen LogP contribution in [0.1, 0.15) is 35.7 Å². The number of para-hydroxylation sites is 1. The number of nitrogens with zero attached hydrogens (tertiary/aromatic N) is 2. The van der Waals surface area contributed by atoms with E-state index in [0.717, 1.165) is 41.1 Å². The number of ether oxygens (including phenoxy) is 1. The number of nitrogens with one attached hydrogen (secondary N) is 1. The first-order chi connectivity index (χ1) is 11.5. The van der Waals surface area contributed by atoms with Gasteiger partial charge >= 0.3 is 0 Å². The molecule has 0 saturated heterocycles. The largest absolute Gasteiger partial charge is 0.493 e. The maximum Gasteiger partial charge on any atom is 0.176 e. The zero-order valence-corrected chi connectivity index (χ0v) is 15.0. The van der Waals surface area contributed by atoms with Crippen molar-refractivity contribution < 1.29 is 9.15 Å². The lowest BCUT2D eigenvalue weighted by molar-refractivity contribution is 0.400. The van der Waals surface area contributed by atoms with E-state index in [1.807, 2.05) is 29.9 Å². The van der Waals surface area contributed by atoms with Crippen LogP contribution in [0.4, 0.5) is 0 Å². The highest BCUT2D eigenvalue weighted by Gasteiger charge is 2.14. The molecule has 0 saturated carbocycles. The smallest absolute Gasteiger partial charge is 0.176 e. The molecule has 24 heavy (non-hydrogen) atoms. The van der Waals surface area contributed by atoms with Gasteiger partial charge in [0.15, 0.2) is 11.3 Å². The normalized spacial score (nSPS) is 12.7. The van der Waals surface area contributed by atoms with Gasteiger partial charge in [0.2, 0.25) is 0 Å². The van der Waals surface area contributed by atoms with E-state index in [-0.39, 0.29) is 6.04 Å². The summed E-state index contributed by atoms with van der Waals surface area (Å²) in [5.74, 6) is 1.70. The van der Waals surface area contributed by atoms with Crippen molar-refractivity contribution >= 4 is 11.0 Å². The molecule has 2 aromatic heterocycles. The predicted molar refractivity (Wildman–Crippen MR) is 95.6 cm³/mol. The summed E-state index contributed by atoms with van der Waals surface area (Å²) < 4.78 is 13.3. The SMILES string of the molecule is COc1cccc2cc(C(C)NCCc3c(C)nn(C)c3C)oc12. The van der Waals surface area contributed by atoms with Crippen LogP contribution >= 0.6 is 0 Å². The second-order valence-corrected chi connectivity index (χ2v) is 6.23. The Balaban J connectivity index is 1.68. The third-order valence-corrected chi connectivity index (χ3v) is 4.66. The van der Waals surface area contributed by atoms with E-state index in [1.54, 1.807) is 7.11 Å². The Kier molecular flexibility index (Phi) is 4.62. The lowest BCUT2D eigenvalue weighted by Gasteiger charge is -2.11. The summed E-state index contributed by atoms with van der Waals surface area (Å²) in [5, 5.41) is 9.08. The molecule has 128 valence electrons. The summed E-state index contributed by atoms with van der Waals surface area (Å²) in [7, 11) is 3.65. The minimum atomic E-state index is 0.138. The van der Waals surface area contributed by atoms with Crippen LogP contribution in [-0.2, 0) is 13.5 Å². The monoisotopic (exact) mass is 327 g/mol. The summed E-state index contributed by atoms with van der Waals surface area (Å²) in [6.07, 6.45) is 0.958. The number of rotatable bonds is 6. The van der Waals surface area contributed by atoms with Crippen molar-refractivity contribution in [3.8, 4) is 5.75 Å². The van der Waals surface area contributed by atoms with Crippen molar-refractivity contribution in [1.29, 1.82) is 0 Å². The maximum atomic E-state index is 6.00. The van der Waals surface area contributed by atoms with Crippen molar-refractivity contribution in [3.63, 3.8) is 0 Å². The van der Waals surface area contributed by atoms with Gasteiger partial charge in [-0.3, -0.25) is 4.68 Å². The van der Waals surface area contributed by atoms with Crippen LogP contribution in [0.3, 0.4) is 0 Å². The van der Waals surface area contributed by atoms with Crippen LogP contribution < -0.4 is 10.1 Å². The van der Waals surface area contributed by atoms with Gasteiger partial charge in [0.05, 0.1) is 18.8 Å². The van der Waals surface area contributed by atoms with Gasteiger partial charge in [-0.25, -0.2) is 0 Å². The molecule has 0 bridgehead atoms. The molecular formula is C19H25N3O2. The van der Waals surface area contributed by atoms with Crippen molar-refractivity contribution in [2.24, 2.45) is 7.05 Å². The van der Waals surface area contributed by atoms with Gasteiger partial charge in [0.25, 0.3) is 0 Å². The molecule has 3 aromatic rings. The number of benzene rings is 1. The summed E-state index contributed by atoms with van der Waals surface area (Å²) >= 11 is 0. The maximum absolute atomic E-state index is 6.00. The van der Waals surface area contributed by atoms with Gasteiger partial charge in [-0.05, 0) is 51.4 Å². The molecule has 0 spiro atoms. The summed E-state index contributed by atoms with van der Waals surface area (Å²) in [5.41, 5.74) is 4.47. The Morgan fingerprint density at radius 1 is 1.33 bits per heavy atom. The zero-order valence-electron chi connectivity index (χ0n) is 15.0. The number of methoxy groups -OCH3 is 1. The average Bonchev–Trinajstić information content (AvgIpc) is 3.10. The average molecular weight is 327 g/mol. The molecule has 2 heterocycles. The molecule has 1 aromatic carbocycles. The molecule has 1 N–H and O–H groups in total. The number of hydrogen-bond donors (Lipinski definition) is 1. The van der Waals surface area contributed by atoms with Crippen LogP contribution in [0.15, 0.2) is 28.7 Å². The molecule has 0 fully saturated rings. The van der Waals surface area contributed by atoms with Crippen LogP contribution in [0.25, 0.3) is 11.0 Å². The Morgan fingerprint density at radius 2 is 2.12 bits per heavy atom. The summed E-state index contributed by atoms with van der Waals surface area (Å²) in [6, 6.07) is 8.16. The van der Waals surface area contributed by atoms with Crippen molar-refractivity contribution in [2.45, 2.75) is 33.2 Å². The highest BCUT2D eigenvalue weighted by Crippen LogP contribution is 2.30. The predicted octanol–water partition coefficient (Wildman–Crippen LogP) is 3.69.